The zero-order valence-electron chi connectivity index (χ0n) is 16.6. The number of hydrogen-bond donors (Lipinski definition) is 6. The minimum absolute atomic E-state index is 0.127. The fraction of sp³-hybridized carbons (Fsp3) is 0.143. The lowest BCUT2D eigenvalue weighted by molar-refractivity contribution is 0.0868. The summed E-state index contributed by atoms with van der Waals surface area (Å²) in [6.07, 6.45) is 1.17. The fourth-order valence-electron chi connectivity index (χ4n) is 2.68. The molecule has 0 spiro atoms. The summed E-state index contributed by atoms with van der Waals surface area (Å²) in [6.45, 7) is -0.941. The molecule has 0 saturated carbocycles. The average molecular weight is 441 g/mol. The molecular formula is C21H20FN5O5. The number of rotatable bonds is 8. The number of carbonyl (C=O) groups excluding carboxylic acids is 3. The molecule has 2 aromatic carbocycles. The number of anilines is 2. The molecule has 0 atom stereocenters. The van der Waals surface area contributed by atoms with Crippen molar-refractivity contribution in [2.24, 2.45) is 0 Å². The van der Waals surface area contributed by atoms with Crippen LogP contribution in [-0.4, -0.2) is 57.2 Å². The first kappa shape index (κ1) is 22.6. The van der Waals surface area contributed by atoms with Crippen LogP contribution in [0.2, 0.25) is 0 Å². The number of aromatic nitrogens is 2. The maximum absolute atomic E-state index is 13.0. The SMILES string of the molecule is O=C(Nc1ccc(NC(=O)c2nc[nH]c2C(=O)NC(CO)CO)cc1)c1ccc(F)cc1. The van der Waals surface area contributed by atoms with Gasteiger partial charge in [0.15, 0.2) is 5.69 Å². The van der Waals surface area contributed by atoms with E-state index < -0.39 is 42.8 Å². The topological polar surface area (TPSA) is 156 Å². The van der Waals surface area contributed by atoms with Gasteiger partial charge in [-0.1, -0.05) is 0 Å². The van der Waals surface area contributed by atoms with Gasteiger partial charge < -0.3 is 31.1 Å². The molecule has 3 aromatic rings. The highest BCUT2D eigenvalue weighted by atomic mass is 19.1. The van der Waals surface area contributed by atoms with E-state index in [1.165, 1.54) is 42.7 Å². The van der Waals surface area contributed by atoms with Crippen LogP contribution in [0.3, 0.4) is 0 Å². The van der Waals surface area contributed by atoms with Gasteiger partial charge >= 0.3 is 0 Å². The molecule has 0 fully saturated rings. The molecule has 11 heteroatoms. The van der Waals surface area contributed by atoms with Crippen molar-refractivity contribution in [2.75, 3.05) is 23.8 Å². The van der Waals surface area contributed by atoms with Gasteiger partial charge in [-0.05, 0) is 48.5 Å². The number of aromatic amines is 1. The zero-order valence-corrected chi connectivity index (χ0v) is 16.6. The van der Waals surface area contributed by atoms with E-state index in [4.69, 9.17) is 10.2 Å². The van der Waals surface area contributed by atoms with Crippen molar-refractivity contribution in [1.82, 2.24) is 15.3 Å². The molecule has 10 nitrogen and oxygen atoms in total. The van der Waals surface area contributed by atoms with Crippen molar-refractivity contribution in [3.05, 3.63) is 77.6 Å². The Balaban J connectivity index is 1.63. The van der Waals surface area contributed by atoms with Gasteiger partial charge in [0.05, 0.1) is 25.6 Å². The lowest BCUT2D eigenvalue weighted by Crippen LogP contribution is -2.40. The van der Waals surface area contributed by atoms with E-state index >= 15 is 0 Å². The summed E-state index contributed by atoms with van der Waals surface area (Å²) in [7, 11) is 0. The molecule has 0 unspecified atom stereocenters. The van der Waals surface area contributed by atoms with E-state index in [1.54, 1.807) is 12.1 Å². The molecule has 166 valence electrons. The third kappa shape index (κ3) is 5.53. The van der Waals surface area contributed by atoms with Crippen molar-refractivity contribution < 1.29 is 29.0 Å². The molecule has 0 bridgehead atoms. The largest absolute Gasteiger partial charge is 0.394 e. The number of H-pyrrole nitrogens is 1. The van der Waals surface area contributed by atoms with Crippen LogP contribution in [0.5, 0.6) is 0 Å². The molecule has 3 amide bonds. The lowest BCUT2D eigenvalue weighted by Gasteiger charge is -2.13. The Hall–Kier alpha value is -4.09. The van der Waals surface area contributed by atoms with E-state index in [1.807, 2.05) is 0 Å². The molecule has 0 aliphatic rings. The first-order chi connectivity index (χ1) is 15.4. The third-order valence-corrected chi connectivity index (χ3v) is 4.36. The monoisotopic (exact) mass is 441 g/mol. The number of nitrogens with one attached hydrogen (secondary N) is 4. The van der Waals surface area contributed by atoms with Gasteiger partial charge in [-0.3, -0.25) is 14.4 Å². The van der Waals surface area contributed by atoms with Gasteiger partial charge in [-0.2, -0.15) is 0 Å². The predicted molar refractivity (Wildman–Crippen MR) is 113 cm³/mol. The molecule has 6 N–H and O–H groups in total. The minimum Gasteiger partial charge on any atom is -0.394 e. The Morgan fingerprint density at radius 3 is 2.00 bits per heavy atom. The van der Waals surface area contributed by atoms with Crippen LogP contribution in [0, 0.1) is 5.82 Å². The maximum atomic E-state index is 13.0. The fourth-order valence-corrected chi connectivity index (χ4v) is 2.68. The van der Waals surface area contributed by atoms with Crippen molar-refractivity contribution in [2.45, 2.75) is 6.04 Å². The van der Waals surface area contributed by atoms with Crippen molar-refractivity contribution in [1.29, 1.82) is 0 Å². The second-order valence-corrected chi connectivity index (χ2v) is 6.65. The molecule has 0 aliphatic carbocycles. The average Bonchev–Trinajstić information content (AvgIpc) is 3.29. The number of carbonyl (C=O) groups is 3. The molecule has 3 rings (SSSR count). The van der Waals surface area contributed by atoms with E-state index in [9.17, 15) is 18.8 Å². The highest BCUT2D eigenvalue weighted by Gasteiger charge is 2.22. The van der Waals surface area contributed by atoms with Crippen LogP contribution in [0.25, 0.3) is 0 Å². The van der Waals surface area contributed by atoms with Crippen molar-refractivity contribution in [3.8, 4) is 0 Å². The Bertz CT molecular complexity index is 1090. The second-order valence-electron chi connectivity index (χ2n) is 6.65. The first-order valence-corrected chi connectivity index (χ1v) is 9.45. The highest BCUT2D eigenvalue weighted by Crippen LogP contribution is 2.16. The summed E-state index contributed by atoms with van der Waals surface area (Å²) in [5, 5.41) is 25.8. The molecule has 1 heterocycles. The van der Waals surface area contributed by atoms with Gasteiger partial charge in [0.25, 0.3) is 17.7 Å². The number of aliphatic hydroxyl groups excluding tert-OH is 2. The standard InChI is InChI=1S/C21H20FN5O5/c22-13-3-1-12(2-4-13)19(30)25-14-5-7-15(8-6-14)26-20(31)17-18(24-11-23-17)21(32)27-16(9-28)10-29/h1-8,11,16,28-29H,9-10H2,(H,23,24)(H,25,30)(H,26,31)(H,27,32). The van der Waals surface area contributed by atoms with Gasteiger partial charge in [0.2, 0.25) is 0 Å². The van der Waals surface area contributed by atoms with E-state index in [2.05, 4.69) is 25.9 Å². The summed E-state index contributed by atoms with van der Waals surface area (Å²) in [4.78, 5) is 43.4. The Morgan fingerprint density at radius 2 is 1.44 bits per heavy atom. The molecule has 0 radical (unpaired) electrons. The van der Waals surface area contributed by atoms with E-state index in [-0.39, 0.29) is 17.0 Å². The zero-order chi connectivity index (χ0) is 23.1. The normalized spacial score (nSPS) is 10.6. The summed E-state index contributed by atoms with van der Waals surface area (Å²) < 4.78 is 13.0. The van der Waals surface area contributed by atoms with Gasteiger partial charge in [0, 0.05) is 16.9 Å². The second kappa shape index (κ2) is 10.3. The minimum atomic E-state index is -0.876. The number of hydrogen-bond acceptors (Lipinski definition) is 6. The molecule has 32 heavy (non-hydrogen) atoms. The first-order valence-electron chi connectivity index (χ1n) is 9.45. The quantitative estimate of drug-likeness (QED) is 0.308. The van der Waals surface area contributed by atoms with E-state index in [0.29, 0.717) is 11.4 Å². The molecular weight excluding hydrogens is 421 g/mol. The Labute approximate surface area is 181 Å². The van der Waals surface area contributed by atoms with E-state index in [0.717, 1.165) is 0 Å². The predicted octanol–water partition coefficient (Wildman–Crippen LogP) is 1.14. The number of aliphatic hydroxyl groups is 2. The number of amides is 3. The highest BCUT2D eigenvalue weighted by molar-refractivity contribution is 6.10. The van der Waals surface area contributed by atoms with Crippen LogP contribution in [-0.2, 0) is 0 Å². The summed E-state index contributed by atoms with van der Waals surface area (Å²) in [5.41, 5.74) is 0.824. The summed E-state index contributed by atoms with van der Waals surface area (Å²) in [5.74, 6) is -2.23. The summed E-state index contributed by atoms with van der Waals surface area (Å²) >= 11 is 0. The van der Waals surface area contributed by atoms with Crippen LogP contribution >= 0.6 is 0 Å². The number of nitrogens with zero attached hydrogens (tertiary/aromatic N) is 1. The van der Waals surface area contributed by atoms with Crippen LogP contribution in [0.4, 0.5) is 15.8 Å². The van der Waals surface area contributed by atoms with Gasteiger partial charge in [0.1, 0.15) is 11.5 Å². The van der Waals surface area contributed by atoms with Gasteiger partial charge in [-0.15, -0.1) is 0 Å². The Morgan fingerprint density at radius 1 is 0.875 bits per heavy atom. The number of benzene rings is 2. The van der Waals surface area contributed by atoms with Crippen molar-refractivity contribution >= 4 is 29.1 Å². The van der Waals surface area contributed by atoms with Crippen LogP contribution in [0.15, 0.2) is 54.9 Å². The molecule has 0 aliphatic heterocycles. The third-order valence-electron chi connectivity index (χ3n) is 4.36. The van der Waals surface area contributed by atoms with Crippen LogP contribution in [0.1, 0.15) is 31.3 Å². The van der Waals surface area contributed by atoms with Crippen molar-refractivity contribution in [3.63, 3.8) is 0 Å². The lowest BCUT2D eigenvalue weighted by atomic mass is 10.2. The smallest absolute Gasteiger partial charge is 0.276 e. The summed E-state index contributed by atoms with van der Waals surface area (Å²) in [6, 6.07) is 10.4. The maximum Gasteiger partial charge on any atom is 0.276 e. The molecule has 1 aromatic heterocycles. The number of halogens is 1. The Kier molecular flexibility index (Phi) is 7.26. The van der Waals surface area contributed by atoms with Gasteiger partial charge in [-0.25, -0.2) is 9.37 Å². The molecule has 0 saturated heterocycles. The van der Waals surface area contributed by atoms with Crippen LogP contribution < -0.4 is 16.0 Å². The number of imidazole rings is 1.